The lowest BCUT2D eigenvalue weighted by molar-refractivity contribution is -0.918. The normalized spacial score (nSPS) is 17.1. The number of carbonyl (C=O) groups is 1. The first-order valence-corrected chi connectivity index (χ1v) is 11.4. The molecule has 1 fully saturated rings. The van der Waals surface area contributed by atoms with Crippen LogP contribution in [-0.2, 0) is 21.4 Å². The molecule has 6 nitrogen and oxygen atoms in total. The minimum Gasteiger partial charge on any atom is -0.336 e. The van der Waals surface area contributed by atoms with Crippen molar-refractivity contribution < 1.29 is 18.1 Å². The van der Waals surface area contributed by atoms with Crippen LogP contribution in [0.3, 0.4) is 0 Å². The molecule has 0 unspecified atom stereocenters. The fourth-order valence-corrected chi connectivity index (χ4v) is 5.19. The molecule has 0 saturated carbocycles. The monoisotopic (exact) mass is 416 g/mol. The Bertz CT molecular complexity index is 922. The second-order valence-electron chi connectivity index (χ2n) is 7.78. The molecular weight excluding hydrogens is 386 g/mol. The Morgan fingerprint density at radius 1 is 1.07 bits per heavy atom. The lowest BCUT2D eigenvalue weighted by Crippen LogP contribution is -3.19. The molecule has 3 rings (SSSR count). The maximum absolute atomic E-state index is 12.9. The average Bonchev–Trinajstić information content (AvgIpc) is 2.73. The molecule has 2 aromatic carbocycles. The van der Waals surface area contributed by atoms with Crippen LogP contribution in [0.1, 0.15) is 18.1 Å². The van der Waals surface area contributed by atoms with Crippen molar-refractivity contribution in [3.8, 4) is 0 Å². The number of aryl methyl sites for hydroxylation is 1. The minimum absolute atomic E-state index is 0.0821. The molecule has 0 aliphatic carbocycles. The van der Waals surface area contributed by atoms with Crippen molar-refractivity contribution in [2.75, 3.05) is 33.2 Å². The smallest absolute Gasteiger partial charge is 0.280 e. The maximum atomic E-state index is 12.9. The Hall–Kier alpha value is -2.22. The van der Waals surface area contributed by atoms with Gasteiger partial charge in [0.05, 0.1) is 31.1 Å². The van der Waals surface area contributed by atoms with E-state index in [1.165, 1.54) is 4.31 Å². The van der Waals surface area contributed by atoms with E-state index in [9.17, 15) is 13.2 Å². The average molecular weight is 417 g/mol. The number of benzene rings is 2. The lowest BCUT2D eigenvalue weighted by Gasteiger charge is -2.35. The van der Waals surface area contributed by atoms with Crippen molar-refractivity contribution in [3.63, 3.8) is 0 Å². The summed E-state index contributed by atoms with van der Waals surface area (Å²) in [6.45, 7) is 6.53. The zero-order valence-electron chi connectivity index (χ0n) is 17.3. The van der Waals surface area contributed by atoms with Gasteiger partial charge in [-0.15, -0.1) is 0 Å². The predicted molar refractivity (Wildman–Crippen MR) is 113 cm³/mol. The molecule has 0 aromatic heterocycles. The number of hydrogen-bond donors (Lipinski definition) is 1. The summed E-state index contributed by atoms with van der Waals surface area (Å²) < 4.78 is 27.3. The molecule has 1 atom stereocenters. The van der Waals surface area contributed by atoms with Gasteiger partial charge in [-0.3, -0.25) is 4.79 Å². The number of nitrogens with one attached hydrogen (secondary N) is 1. The van der Waals surface area contributed by atoms with Gasteiger partial charge in [0.1, 0.15) is 0 Å². The van der Waals surface area contributed by atoms with Crippen LogP contribution in [0.4, 0.5) is 0 Å². The van der Waals surface area contributed by atoms with Gasteiger partial charge in [0.25, 0.3) is 5.91 Å². The third-order valence-corrected chi connectivity index (χ3v) is 7.56. The molecule has 29 heavy (non-hydrogen) atoms. The SMILES string of the molecule is Cc1ccc(S(=O)(=O)N2CC[NH+]([C@H](C)C(=O)N(C)Cc3ccccc3)CC2)cc1. The first-order valence-electron chi connectivity index (χ1n) is 9.99. The summed E-state index contributed by atoms with van der Waals surface area (Å²) in [5.74, 6) is 0.0821. The van der Waals surface area contributed by atoms with Gasteiger partial charge in [0.15, 0.2) is 6.04 Å². The number of carbonyl (C=O) groups excluding carboxylic acids is 1. The van der Waals surface area contributed by atoms with Crippen LogP contribution in [-0.4, -0.2) is 62.8 Å². The molecule has 1 aliphatic heterocycles. The van der Waals surface area contributed by atoms with Crippen molar-refractivity contribution in [2.24, 2.45) is 0 Å². The summed E-state index contributed by atoms with van der Waals surface area (Å²) in [4.78, 5) is 16.1. The van der Waals surface area contributed by atoms with E-state index in [0.717, 1.165) is 16.0 Å². The first kappa shape index (κ1) is 21.5. The fourth-order valence-electron chi connectivity index (χ4n) is 3.75. The first-order chi connectivity index (χ1) is 13.8. The van der Waals surface area contributed by atoms with E-state index in [1.54, 1.807) is 17.0 Å². The highest BCUT2D eigenvalue weighted by atomic mass is 32.2. The fraction of sp³-hybridized carbons (Fsp3) is 0.409. The maximum Gasteiger partial charge on any atom is 0.280 e. The van der Waals surface area contributed by atoms with Crippen LogP contribution in [0.5, 0.6) is 0 Å². The Morgan fingerprint density at radius 3 is 2.24 bits per heavy atom. The minimum atomic E-state index is -3.48. The quantitative estimate of drug-likeness (QED) is 0.762. The van der Waals surface area contributed by atoms with Gasteiger partial charge in [-0.2, -0.15) is 4.31 Å². The number of sulfonamides is 1. The summed E-state index contributed by atoms with van der Waals surface area (Å²) >= 11 is 0. The van der Waals surface area contributed by atoms with Crippen LogP contribution < -0.4 is 4.90 Å². The molecule has 7 heteroatoms. The summed E-state index contributed by atoms with van der Waals surface area (Å²) in [5, 5.41) is 0. The molecule has 1 amide bonds. The van der Waals surface area contributed by atoms with Crippen molar-refractivity contribution in [1.29, 1.82) is 0 Å². The number of amides is 1. The number of rotatable bonds is 6. The second-order valence-corrected chi connectivity index (χ2v) is 9.71. The second kappa shape index (κ2) is 9.07. The van der Waals surface area contributed by atoms with Gasteiger partial charge in [-0.25, -0.2) is 8.42 Å². The topological polar surface area (TPSA) is 62.1 Å². The zero-order valence-corrected chi connectivity index (χ0v) is 18.2. The van der Waals surface area contributed by atoms with Gasteiger partial charge in [-0.1, -0.05) is 48.0 Å². The third kappa shape index (κ3) is 5.04. The van der Waals surface area contributed by atoms with Crippen LogP contribution in [0.15, 0.2) is 59.5 Å². The van der Waals surface area contributed by atoms with E-state index in [1.807, 2.05) is 63.4 Å². The van der Waals surface area contributed by atoms with Gasteiger partial charge in [-0.05, 0) is 31.5 Å². The van der Waals surface area contributed by atoms with E-state index in [-0.39, 0.29) is 11.9 Å². The number of piperazine rings is 1. The molecule has 2 aromatic rings. The molecular formula is C22H30N3O3S+. The molecule has 1 heterocycles. The van der Waals surface area contributed by atoms with Crippen LogP contribution in [0.25, 0.3) is 0 Å². The van der Waals surface area contributed by atoms with E-state index >= 15 is 0 Å². The van der Waals surface area contributed by atoms with E-state index in [4.69, 9.17) is 0 Å². The summed E-state index contributed by atoms with van der Waals surface area (Å²) in [7, 11) is -1.66. The highest BCUT2D eigenvalue weighted by Crippen LogP contribution is 2.16. The molecule has 0 bridgehead atoms. The standard InChI is InChI=1S/C22H29N3O3S/c1-18-9-11-21(12-10-18)29(27,28)25-15-13-24(14-16-25)19(2)22(26)23(3)17-20-7-5-4-6-8-20/h4-12,19H,13-17H2,1-3H3/p+1/t19-/m1/s1. The Morgan fingerprint density at radius 2 is 1.66 bits per heavy atom. The van der Waals surface area contributed by atoms with Crippen molar-refractivity contribution in [3.05, 3.63) is 65.7 Å². The summed E-state index contributed by atoms with van der Waals surface area (Å²) in [6, 6.07) is 16.7. The molecule has 0 radical (unpaired) electrons. The van der Waals surface area contributed by atoms with E-state index in [0.29, 0.717) is 37.6 Å². The molecule has 156 valence electrons. The van der Waals surface area contributed by atoms with Crippen molar-refractivity contribution >= 4 is 15.9 Å². The summed E-state index contributed by atoms with van der Waals surface area (Å²) in [5.41, 5.74) is 2.13. The highest BCUT2D eigenvalue weighted by Gasteiger charge is 2.35. The number of hydrogen-bond acceptors (Lipinski definition) is 3. The number of nitrogens with zero attached hydrogens (tertiary/aromatic N) is 2. The number of quaternary nitrogens is 1. The Kier molecular flexibility index (Phi) is 6.72. The van der Waals surface area contributed by atoms with Crippen LogP contribution in [0, 0.1) is 6.92 Å². The van der Waals surface area contributed by atoms with Crippen molar-refractivity contribution in [2.45, 2.75) is 31.3 Å². The van der Waals surface area contributed by atoms with Gasteiger partial charge >= 0.3 is 0 Å². The van der Waals surface area contributed by atoms with Gasteiger partial charge < -0.3 is 9.80 Å². The molecule has 0 spiro atoms. The number of likely N-dealkylation sites (N-methyl/N-ethyl adjacent to an activating group) is 1. The van der Waals surface area contributed by atoms with Crippen LogP contribution in [0.2, 0.25) is 0 Å². The van der Waals surface area contributed by atoms with Crippen molar-refractivity contribution in [1.82, 2.24) is 9.21 Å². The van der Waals surface area contributed by atoms with E-state index in [2.05, 4.69) is 0 Å². The third-order valence-electron chi connectivity index (χ3n) is 5.64. The van der Waals surface area contributed by atoms with E-state index < -0.39 is 10.0 Å². The molecule has 1 saturated heterocycles. The zero-order chi connectivity index (χ0) is 21.0. The molecule has 1 aliphatic rings. The molecule has 1 N–H and O–H groups in total. The summed E-state index contributed by atoms with van der Waals surface area (Å²) in [6.07, 6.45) is 0. The lowest BCUT2D eigenvalue weighted by atomic mass is 10.2. The Labute approximate surface area is 173 Å². The Balaban J connectivity index is 1.58. The predicted octanol–water partition coefficient (Wildman–Crippen LogP) is 0.931. The largest absolute Gasteiger partial charge is 0.336 e. The highest BCUT2D eigenvalue weighted by molar-refractivity contribution is 7.89. The van der Waals surface area contributed by atoms with Gasteiger partial charge in [0, 0.05) is 13.6 Å². The van der Waals surface area contributed by atoms with Gasteiger partial charge in [0.2, 0.25) is 10.0 Å². The van der Waals surface area contributed by atoms with Crippen LogP contribution >= 0.6 is 0 Å².